The van der Waals surface area contributed by atoms with Crippen LogP contribution >= 0.6 is 19.8 Å². The van der Waals surface area contributed by atoms with Crippen LogP contribution in [-0.2, 0) is 13.6 Å². The Balaban J connectivity index is 4.39. The van der Waals surface area contributed by atoms with Crippen molar-refractivity contribution < 1.29 is 13.6 Å². The Bertz CT molecular complexity index is 316. The van der Waals surface area contributed by atoms with Gasteiger partial charge in [-0.1, -0.05) is 13.8 Å². The number of hydrogen-bond acceptors (Lipinski definition) is 5. The number of rotatable bonds is 11. The van der Waals surface area contributed by atoms with Crippen molar-refractivity contribution in [1.82, 2.24) is 0 Å². The molecule has 0 aliphatic heterocycles. The van der Waals surface area contributed by atoms with Crippen LogP contribution in [0.2, 0.25) is 0 Å². The topological polar surface area (TPSA) is 47.9 Å². The lowest BCUT2D eigenvalue weighted by Gasteiger charge is -2.24. The van der Waals surface area contributed by atoms with Crippen LogP contribution in [0.15, 0.2) is 4.99 Å². The van der Waals surface area contributed by atoms with Crippen LogP contribution < -0.4 is 0 Å². The van der Waals surface area contributed by atoms with E-state index >= 15 is 0 Å². The molecule has 0 aromatic heterocycles. The molecule has 112 valence electrons. The van der Waals surface area contributed by atoms with E-state index in [1.165, 1.54) is 0 Å². The first-order valence-corrected chi connectivity index (χ1v) is 9.10. The van der Waals surface area contributed by atoms with Crippen LogP contribution in [0.25, 0.3) is 0 Å². The van der Waals surface area contributed by atoms with Gasteiger partial charge in [0.15, 0.2) is 0 Å². The van der Waals surface area contributed by atoms with Gasteiger partial charge >= 0.3 is 7.60 Å². The van der Waals surface area contributed by atoms with E-state index in [-0.39, 0.29) is 12.2 Å². The van der Waals surface area contributed by atoms with E-state index < -0.39 is 7.60 Å². The van der Waals surface area contributed by atoms with Crippen LogP contribution in [0.3, 0.4) is 0 Å². The van der Waals surface area contributed by atoms with E-state index in [1.807, 2.05) is 27.7 Å². The van der Waals surface area contributed by atoms with Gasteiger partial charge in [0.1, 0.15) is 0 Å². The molecule has 0 saturated heterocycles. The Morgan fingerprint density at radius 2 is 1.68 bits per heavy atom. The normalized spacial score (nSPS) is 17.3. The smallest absolute Gasteiger partial charge is 0.306 e. The van der Waals surface area contributed by atoms with Crippen molar-refractivity contribution in [3.05, 3.63) is 0 Å². The first-order chi connectivity index (χ1) is 8.97. The molecule has 4 nitrogen and oxygen atoms in total. The molecule has 0 N–H and O–H groups in total. The predicted octanol–water partition coefficient (Wildman–Crippen LogP) is 4.69. The molecule has 0 aromatic carbocycles. The highest BCUT2D eigenvalue weighted by atomic mass is 32.1. The fraction of sp³-hybridized carbons (Fsp3) is 0.923. The van der Waals surface area contributed by atoms with Crippen LogP contribution in [0.5, 0.6) is 0 Å². The number of isothiocyanates is 1. The molecule has 0 amide bonds. The summed E-state index contributed by atoms with van der Waals surface area (Å²) in [5.74, 6) is 0. The summed E-state index contributed by atoms with van der Waals surface area (Å²) in [6, 6.07) is 0. The van der Waals surface area contributed by atoms with Gasteiger partial charge in [-0.3, -0.25) is 4.57 Å². The average molecular weight is 307 g/mol. The molecular weight excluding hydrogens is 281 g/mol. The third-order valence-corrected chi connectivity index (χ3v) is 5.20. The van der Waals surface area contributed by atoms with Crippen molar-refractivity contribution >= 4 is 25.0 Å². The number of thiocarbonyl (C=S) groups is 1. The summed E-state index contributed by atoms with van der Waals surface area (Å²) >= 11 is 4.50. The predicted molar refractivity (Wildman–Crippen MR) is 83.3 cm³/mol. The van der Waals surface area contributed by atoms with Crippen LogP contribution in [0, 0.1) is 0 Å². The van der Waals surface area contributed by atoms with Crippen molar-refractivity contribution in [1.29, 1.82) is 0 Å². The maximum absolute atomic E-state index is 12.7. The third-order valence-electron chi connectivity index (χ3n) is 2.85. The number of hydrogen-bond donors (Lipinski definition) is 0. The fourth-order valence-corrected chi connectivity index (χ4v) is 3.73. The maximum atomic E-state index is 12.7. The molecule has 6 heteroatoms. The van der Waals surface area contributed by atoms with Crippen LogP contribution in [0.4, 0.5) is 0 Å². The lowest BCUT2D eigenvalue weighted by Crippen LogP contribution is -2.13. The van der Waals surface area contributed by atoms with Crippen molar-refractivity contribution in [3.8, 4) is 0 Å². The van der Waals surface area contributed by atoms with Crippen LogP contribution in [-0.4, -0.2) is 30.1 Å². The molecule has 19 heavy (non-hydrogen) atoms. The van der Waals surface area contributed by atoms with E-state index in [0.717, 1.165) is 25.7 Å². The molecule has 0 aromatic rings. The highest BCUT2D eigenvalue weighted by molar-refractivity contribution is 7.78. The van der Waals surface area contributed by atoms with E-state index in [4.69, 9.17) is 9.05 Å². The Morgan fingerprint density at radius 3 is 2.11 bits per heavy atom. The molecule has 0 heterocycles. The van der Waals surface area contributed by atoms with Gasteiger partial charge in [-0.15, -0.1) is 0 Å². The molecule has 0 saturated carbocycles. The maximum Gasteiger partial charge on any atom is 0.331 e. The van der Waals surface area contributed by atoms with E-state index in [1.54, 1.807) is 0 Å². The summed E-state index contributed by atoms with van der Waals surface area (Å²) in [4.78, 5) is 3.84. The third kappa shape index (κ3) is 9.48. The largest absolute Gasteiger partial charge is 0.331 e. The zero-order chi connectivity index (χ0) is 14.7. The fourth-order valence-electron chi connectivity index (χ4n) is 1.37. The van der Waals surface area contributed by atoms with Crippen molar-refractivity contribution in [3.63, 3.8) is 0 Å². The van der Waals surface area contributed by atoms with Gasteiger partial charge in [-0.05, 0) is 51.7 Å². The molecule has 2 atom stereocenters. The summed E-state index contributed by atoms with van der Waals surface area (Å²) in [5, 5.41) is 2.32. The van der Waals surface area contributed by atoms with Crippen LogP contribution in [0.1, 0.15) is 53.4 Å². The summed E-state index contributed by atoms with van der Waals surface area (Å²) in [7, 11) is -3.00. The van der Waals surface area contributed by atoms with E-state index in [9.17, 15) is 4.57 Å². The zero-order valence-electron chi connectivity index (χ0n) is 12.4. The molecule has 0 aliphatic rings. The molecule has 0 rings (SSSR count). The second kappa shape index (κ2) is 10.7. The second-order valence-corrected chi connectivity index (χ2v) is 6.94. The van der Waals surface area contributed by atoms with Gasteiger partial charge < -0.3 is 9.05 Å². The van der Waals surface area contributed by atoms with E-state index in [2.05, 4.69) is 22.4 Å². The van der Waals surface area contributed by atoms with Crippen molar-refractivity contribution in [2.75, 3.05) is 12.7 Å². The lowest BCUT2D eigenvalue weighted by molar-refractivity contribution is 0.123. The molecule has 0 radical (unpaired) electrons. The number of aliphatic imine (C=N–C) groups is 1. The van der Waals surface area contributed by atoms with Gasteiger partial charge in [0.05, 0.1) is 23.5 Å². The molecule has 0 spiro atoms. The Morgan fingerprint density at radius 1 is 1.16 bits per heavy atom. The lowest BCUT2D eigenvalue weighted by atomic mass is 10.3. The first kappa shape index (κ1) is 18.9. The quantitative estimate of drug-likeness (QED) is 0.240. The van der Waals surface area contributed by atoms with Gasteiger partial charge in [-0.2, -0.15) is 0 Å². The summed E-state index contributed by atoms with van der Waals surface area (Å²) < 4.78 is 23.9. The van der Waals surface area contributed by atoms with Gasteiger partial charge in [0.25, 0.3) is 0 Å². The monoisotopic (exact) mass is 307 g/mol. The minimum absolute atomic E-state index is 0.0473. The van der Waals surface area contributed by atoms with Gasteiger partial charge in [0.2, 0.25) is 0 Å². The van der Waals surface area contributed by atoms with Gasteiger partial charge in [-0.25, -0.2) is 4.99 Å². The van der Waals surface area contributed by atoms with E-state index in [0.29, 0.717) is 12.7 Å². The minimum Gasteiger partial charge on any atom is -0.306 e. The first-order valence-electron chi connectivity index (χ1n) is 6.96. The average Bonchev–Trinajstić information content (AvgIpc) is 2.38. The summed E-state index contributed by atoms with van der Waals surface area (Å²) in [5.41, 5.74) is 0. The Kier molecular flexibility index (Phi) is 10.7. The highest BCUT2D eigenvalue weighted by Gasteiger charge is 2.28. The molecule has 0 fully saturated rings. The Hall–Kier alpha value is -0.0500. The molecule has 0 aliphatic carbocycles. The minimum atomic E-state index is -3.00. The molecular formula is C13H26NO3PS. The second-order valence-electron chi connectivity index (χ2n) is 4.66. The molecule has 2 unspecified atom stereocenters. The SMILES string of the molecule is CCC(C)OP(=O)(CCCCN=C=S)OC(C)CC. The Labute approximate surface area is 122 Å². The number of unbranched alkanes of at least 4 members (excludes halogenated alkanes) is 1. The number of nitrogens with zero attached hydrogens (tertiary/aromatic N) is 1. The standard InChI is InChI=1S/C13H26NO3PS/c1-5-12(3)16-18(15,17-13(4)6-2)10-8-7-9-14-11-19/h12-13H,5-10H2,1-4H3. The summed E-state index contributed by atoms with van der Waals surface area (Å²) in [6.07, 6.45) is 3.56. The van der Waals surface area contributed by atoms with Crippen molar-refractivity contribution in [2.45, 2.75) is 65.6 Å². The summed E-state index contributed by atoms with van der Waals surface area (Å²) in [6.45, 7) is 8.47. The molecule has 0 bridgehead atoms. The zero-order valence-corrected chi connectivity index (χ0v) is 14.1. The van der Waals surface area contributed by atoms with Crippen molar-refractivity contribution in [2.24, 2.45) is 4.99 Å². The van der Waals surface area contributed by atoms with Gasteiger partial charge in [0, 0.05) is 6.54 Å². The highest BCUT2D eigenvalue weighted by Crippen LogP contribution is 2.51.